The first-order valence-electron chi connectivity index (χ1n) is 8.92. The van der Waals surface area contributed by atoms with Gasteiger partial charge in [-0.3, -0.25) is 4.79 Å². The zero-order valence-corrected chi connectivity index (χ0v) is 14.7. The lowest BCUT2D eigenvalue weighted by Crippen LogP contribution is -2.37. The van der Waals surface area contributed by atoms with Crippen molar-refractivity contribution in [1.82, 2.24) is 14.5 Å². The minimum Gasteiger partial charge on any atom is -0.339 e. The van der Waals surface area contributed by atoms with Crippen LogP contribution in [-0.4, -0.2) is 33.4 Å². The third kappa shape index (κ3) is 2.95. The summed E-state index contributed by atoms with van der Waals surface area (Å²) in [6, 6.07) is 13.4. The maximum absolute atomic E-state index is 12.7. The van der Waals surface area contributed by atoms with Gasteiger partial charge in [-0.1, -0.05) is 6.92 Å². The second-order valence-corrected chi connectivity index (χ2v) is 6.96. The van der Waals surface area contributed by atoms with Gasteiger partial charge in [-0.25, -0.2) is 4.98 Å². The quantitative estimate of drug-likeness (QED) is 0.711. The molecule has 1 aliphatic rings. The molecule has 2 aromatic heterocycles. The van der Waals surface area contributed by atoms with E-state index in [1.54, 1.807) is 18.3 Å². The van der Waals surface area contributed by atoms with Crippen LogP contribution in [0.15, 0.2) is 48.8 Å². The van der Waals surface area contributed by atoms with E-state index < -0.39 is 0 Å². The molecule has 3 heterocycles. The summed E-state index contributed by atoms with van der Waals surface area (Å²) in [5.41, 5.74) is 3.01. The number of amides is 1. The van der Waals surface area contributed by atoms with Crippen LogP contribution >= 0.6 is 0 Å². The molecule has 1 saturated heterocycles. The lowest BCUT2D eigenvalue weighted by Gasteiger charge is -2.30. The van der Waals surface area contributed by atoms with Gasteiger partial charge >= 0.3 is 0 Å². The SMILES string of the molecule is CC1CCN(C(=O)c2cnc3c(ccn3-c3ccc(C#N)cc3)c2)CC1. The molecule has 0 N–H and O–H groups in total. The Morgan fingerprint density at radius 3 is 2.62 bits per heavy atom. The van der Waals surface area contributed by atoms with Crippen LogP contribution in [0, 0.1) is 17.2 Å². The second-order valence-electron chi connectivity index (χ2n) is 6.96. The number of benzene rings is 1. The Balaban J connectivity index is 1.63. The molecule has 1 amide bonds. The monoisotopic (exact) mass is 344 g/mol. The van der Waals surface area contributed by atoms with E-state index in [0.29, 0.717) is 17.0 Å². The van der Waals surface area contributed by atoms with Crippen LogP contribution in [0.4, 0.5) is 0 Å². The summed E-state index contributed by atoms with van der Waals surface area (Å²) in [5, 5.41) is 9.87. The number of pyridine rings is 1. The van der Waals surface area contributed by atoms with Gasteiger partial charge in [0.25, 0.3) is 5.91 Å². The molecule has 130 valence electrons. The molecule has 5 heteroatoms. The normalized spacial score (nSPS) is 15.2. The van der Waals surface area contributed by atoms with Gasteiger partial charge in [0.15, 0.2) is 0 Å². The van der Waals surface area contributed by atoms with Crippen molar-refractivity contribution in [3.8, 4) is 11.8 Å². The summed E-state index contributed by atoms with van der Waals surface area (Å²) in [6.07, 6.45) is 5.74. The van der Waals surface area contributed by atoms with Crippen LogP contribution < -0.4 is 0 Å². The fraction of sp³-hybridized carbons (Fsp3) is 0.286. The van der Waals surface area contributed by atoms with E-state index >= 15 is 0 Å². The largest absolute Gasteiger partial charge is 0.339 e. The maximum atomic E-state index is 12.7. The van der Waals surface area contributed by atoms with E-state index in [1.807, 2.05) is 39.9 Å². The van der Waals surface area contributed by atoms with E-state index in [2.05, 4.69) is 18.0 Å². The first-order valence-corrected chi connectivity index (χ1v) is 8.92. The molecule has 26 heavy (non-hydrogen) atoms. The van der Waals surface area contributed by atoms with Crippen LogP contribution in [0.1, 0.15) is 35.7 Å². The molecule has 3 aromatic rings. The highest BCUT2D eigenvalue weighted by molar-refractivity contribution is 5.97. The van der Waals surface area contributed by atoms with E-state index in [0.717, 1.165) is 42.7 Å². The van der Waals surface area contributed by atoms with Crippen molar-refractivity contribution in [3.05, 3.63) is 59.9 Å². The van der Waals surface area contributed by atoms with Crippen molar-refractivity contribution in [3.63, 3.8) is 0 Å². The fourth-order valence-corrected chi connectivity index (χ4v) is 3.44. The summed E-state index contributed by atoms with van der Waals surface area (Å²) >= 11 is 0. The number of carbonyl (C=O) groups excluding carboxylic acids is 1. The van der Waals surface area contributed by atoms with Crippen molar-refractivity contribution in [2.75, 3.05) is 13.1 Å². The Labute approximate surface area is 152 Å². The van der Waals surface area contributed by atoms with Gasteiger partial charge in [-0.15, -0.1) is 0 Å². The smallest absolute Gasteiger partial charge is 0.255 e. The third-order valence-corrected chi connectivity index (χ3v) is 5.12. The molecular weight excluding hydrogens is 324 g/mol. The number of hydrogen-bond donors (Lipinski definition) is 0. The van der Waals surface area contributed by atoms with Crippen LogP contribution in [0.2, 0.25) is 0 Å². The third-order valence-electron chi connectivity index (χ3n) is 5.12. The Bertz CT molecular complexity index is 989. The van der Waals surface area contributed by atoms with Crippen molar-refractivity contribution >= 4 is 16.9 Å². The number of aromatic nitrogens is 2. The van der Waals surface area contributed by atoms with Crippen LogP contribution in [-0.2, 0) is 0 Å². The highest BCUT2D eigenvalue weighted by Crippen LogP contribution is 2.22. The number of nitrogens with zero attached hydrogens (tertiary/aromatic N) is 4. The highest BCUT2D eigenvalue weighted by Gasteiger charge is 2.22. The predicted octanol–water partition coefficient (Wildman–Crippen LogP) is 3.77. The molecule has 1 aliphatic heterocycles. The molecule has 1 aromatic carbocycles. The van der Waals surface area contributed by atoms with Crippen molar-refractivity contribution in [2.45, 2.75) is 19.8 Å². The average molecular weight is 344 g/mol. The number of rotatable bonds is 2. The standard InChI is InChI=1S/C21H20N4O/c1-15-6-9-24(10-7-15)21(26)18-12-17-8-11-25(20(17)23-14-18)19-4-2-16(13-22)3-5-19/h2-5,8,11-12,14-15H,6-7,9-10H2,1H3. The van der Waals surface area contributed by atoms with Crippen molar-refractivity contribution in [1.29, 1.82) is 5.26 Å². The minimum atomic E-state index is 0.0671. The van der Waals surface area contributed by atoms with Crippen molar-refractivity contribution < 1.29 is 4.79 Å². The Morgan fingerprint density at radius 2 is 1.92 bits per heavy atom. The highest BCUT2D eigenvalue weighted by atomic mass is 16.2. The molecule has 0 bridgehead atoms. The Kier molecular flexibility index (Phi) is 4.18. The van der Waals surface area contributed by atoms with E-state index in [1.165, 1.54) is 0 Å². The van der Waals surface area contributed by atoms with Gasteiger partial charge < -0.3 is 9.47 Å². The van der Waals surface area contributed by atoms with Gasteiger partial charge in [0.05, 0.1) is 17.2 Å². The topological polar surface area (TPSA) is 61.9 Å². The molecular formula is C21H20N4O. The fourth-order valence-electron chi connectivity index (χ4n) is 3.44. The molecule has 0 aliphatic carbocycles. The summed E-state index contributed by atoms with van der Waals surface area (Å²) in [5.74, 6) is 0.763. The first kappa shape index (κ1) is 16.3. The summed E-state index contributed by atoms with van der Waals surface area (Å²) in [7, 11) is 0. The summed E-state index contributed by atoms with van der Waals surface area (Å²) < 4.78 is 1.97. The molecule has 0 radical (unpaired) electrons. The number of piperidine rings is 1. The number of nitriles is 1. The minimum absolute atomic E-state index is 0.0671. The van der Waals surface area contributed by atoms with Crippen LogP contribution in [0.3, 0.4) is 0 Å². The number of fused-ring (bicyclic) bond motifs is 1. The van der Waals surface area contributed by atoms with E-state index in [9.17, 15) is 4.79 Å². The van der Waals surface area contributed by atoms with E-state index in [-0.39, 0.29) is 5.91 Å². The maximum Gasteiger partial charge on any atom is 0.255 e. The second kappa shape index (κ2) is 6.64. The summed E-state index contributed by atoms with van der Waals surface area (Å²) in [6.45, 7) is 3.88. The lowest BCUT2D eigenvalue weighted by molar-refractivity contribution is 0.0697. The van der Waals surface area contributed by atoms with E-state index in [4.69, 9.17) is 5.26 Å². The summed E-state index contributed by atoms with van der Waals surface area (Å²) in [4.78, 5) is 19.2. The van der Waals surface area contributed by atoms with Gasteiger partial charge in [0, 0.05) is 36.6 Å². The number of likely N-dealkylation sites (tertiary alicyclic amines) is 1. The Morgan fingerprint density at radius 1 is 1.19 bits per heavy atom. The zero-order chi connectivity index (χ0) is 18.1. The zero-order valence-electron chi connectivity index (χ0n) is 14.7. The number of hydrogen-bond acceptors (Lipinski definition) is 3. The molecule has 0 saturated carbocycles. The average Bonchev–Trinajstić information content (AvgIpc) is 3.11. The van der Waals surface area contributed by atoms with Gasteiger partial charge in [-0.2, -0.15) is 5.26 Å². The molecule has 0 atom stereocenters. The predicted molar refractivity (Wildman–Crippen MR) is 100 cm³/mol. The molecule has 5 nitrogen and oxygen atoms in total. The molecule has 0 unspecified atom stereocenters. The molecule has 4 rings (SSSR count). The number of carbonyl (C=O) groups is 1. The van der Waals surface area contributed by atoms with Crippen LogP contribution in [0.5, 0.6) is 0 Å². The van der Waals surface area contributed by atoms with Gasteiger partial charge in [-0.05, 0) is 55.2 Å². The Hall–Kier alpha value is -3.13. The van der Waals surface area contributed by atoms with Gasteiger partial charge in [0.2, 0.25) is 0 Å². The van der Waals surface area contributed by atoms with Crippen LogP contribution in [0.25, 0.3) is 16.7 Å². The lowest BCUT2D eigenvalue weighted by atomic mass is 9.99. The molecule has 1 fully saturated rings. The first-order chi connectivity index (χ1) is 12.7. The molecule has 0 spiro atoms. The van der Waals surface area contributed by atoms with Gasteiger partial charge in [0.1, 0.15) is 5.65 Å². The van der Waals surface area contributed by atoms with Crippen molar-refractivity contribution in [2.24, 2.45) is 5.92 Å².